The van der Waals surface area contributed by atoms with Crippen molar-refractivity contribution < 1.29 is 27.8 Å². The molecule has 2 atom stereocenters. The third-order valence-electron chi connectivity index (χ3n) is 4.77. The van der Waals surface area contributed by atoms with Crippen LogP contribution in [0.4, 0.5) is 13.2 Å². The number of carbonyl (C=O) groups is 1. The fourth-order valence-corrected chi connectivity index (χ4v) is 3.76. The normalized spacial score (nSPS) is 29.2. The Kier molecular flexibility index (Phi) is 4.02. The van der Waals surface area contributed by atoms with E-state index in [-0.39, 0.29) is 17.6 Å². The topological polar surface area (TPSA) is 46.5 Å². The van der Waals surface area contributed by atoms with Crippen molar-refractivity contribution in [2.45, 2.75) is 57.9 Å². The number of halogens is 3. The summed E-state index contributed by atoms with van der Waals surface area (Å²) in [6.07, 6.45) is -3.63. The van der Waals surface area contributed by atoms with Gasteiger partial charge in [0.05, 0.1) is 5.56 Å². The molecule has 1 N–H and O–H groups in total. The lowest BCUT2D eigenvalue weighted by Crippen LogP contribution is -2.41. The van der Waals surface area contributed by atoms with Crippen LogP contribution in [-0.2, 0) is 15.7 Å². The predicted octanol–water partition coefficient (Wildman–Crippen LogP) is 4.56. The molecule has 6 heteroatoms. The van der Waals surface area contributed by atoms with Crippen LogP contribution in [0.1, 0.15) is 57.1 Å². The monoisotopic (exact) mass is 354 g/mol. The highest BCUT2D eigenvalue weighted by Gasteiger charge is 2.46. The van der Waals surface area contributed by atoms with Crippen molar-refractivity contribution in [3.8, 4) is 0 Å². The number of Topliss-reactive ketones (excluding diaryl/α,β-unsaturated/α-hetero) is 1. The first-order valence-corrected chi connectivity index (χ1v) is 8.23. The molecule has 0 saturated heterocycles. The van der Waals surface area contributed by atoms with Crippen LogP contribution in [0.25, 0.3) is 0 Å². The zero-order chi connectivity index (χ0) is 18.6. The van der Waals surface area contributed by atoms with E-state index in [0.29, 0.717) is 29.7 Å². The molecule has 0 spiro atoms. The molecule has 1 unspecified atom stereocenters. The van der Waals surface area contributed by atoms with E-state index in [0.717, 1.165) is 12.1 Å². The van der Waals surface area contributed by atoms with Crippen LogP contribution in [-0.4, -0.2) is 16.7 Å². The van der Waals surface area contributed by atoms with Crippen LogP contribution >= 0.6 is 0 Å². The second kappa shape index (κ2) is 5.59. The van der Waals surface area contributed by atoms with E-state index in [1.165, 1.54) is 13.0 Å². The van der Waals surface area contributed by atoms with E-state index >= 15 is 0 Å². The average molecular weight is 354 g/mol. The van der Waals surface area contributed by atoms with Crippen LogP contribution in [0, 0.1) is 5.41 Å². The fraction of sp³-hybridized carbons (Fsp3) is 0.526. The van der Waals surface area contributed by atoms with Crippen molar-refractivity contribution >= 4 is 5.78 Å². The standard InChI is InChI=1S/C19H21F3O3/c1-17(2)9-14(23)16-13(8-18(3,24)25-15(16)10-17)11-5-4-6-12(7-11)19(20,21)22/h4-7,13,24H,8-10H2,1-3H3/t13-,18?/m1/s1. The Hall–Kier alpha value is -1.82. The maximum atomic E-state index is 13.0. The first-order valence-electron chi connectivity index (χ1n) is 8.23. The number of ketones is 1. The quantitative estimate of drug-likeness (QED) is 0.804. The number of rotatable bonds is 1. The third-order valence-corrected chi connectivity index (χ3v) is 4.77. The van der Waals surface area contributed by atoms with Crippen molar-refractivity contribution in [3.63, 3.8) is 0 Å². The fourth-order valence-electron chi connectivity index (χ4n) is 3.76. The maximum absolute atomic E-state index is 13.0. The third kappa shape index (κ3) is 3.59. The summed E-state index contributed by atoms with van der Waals surface area (Å²) in [5.74, 6) is -1.85. The molecule has 0 fully saturated rings. The minimum absolute atomic E-state index is 0.0410. The molecule has 1 aliphatic heterocycles. The number of carbonyl (C=O) groups excluding carboxylic acids is 1. The molecular weight excluding hydrogens is 333 g/mol. The van der Waals surface area contributed by atoms with Gasteiger partial charge in [0.25, 0.3) is 0 Å². The first-order chi connectivity index (χ1) is 11.4. The smallest absolute Gasteiger partial charge is 0.416 e. The summed E-state index contributed by atoms with van der Waals surface area (Å²) in [4.78, 5) is 12.7. The van der Waals surface area contributed by atoms with Gasteiger partial charge >= 0.3 is 6.18 Å². The van der Waals surface area contributed by atoms with Gasteiger partial charge in [0.1, 0.15) is 5.76 Å². The Labute approximate surface area is 144 Å². The van der Waals surface area contributed by atoms with E-state index in [4.69, 9.17) is 4.74 Å². The summed E-state index contributed by atoms with van der Waals surface area (Å²) in [6, 6.07) is 4.96. The highest BCUT2D eigenvalue weighted by molar-refractivity contribution is 5.98. The summed E-state index contributed by atoms with van der Waals surface area (Å²) in [7, 11) is 0. The van der Waals surface area contributed by atoms with Crippen LogP contribution in [0.3, 0.4) is 0 Å². The van der Waals surface area contributed by atoms with E-state index < -0.39 is 23.4 Å². The van der Waals surface area contributed by atoms with Crippen LogP contribution in [0.2, 0.25) is 0 Å². The summed E-state index contributed by atoms with van der Waals surface area (Å²) in [5.41, 5.74) is -0.284. The molecule has 1 aromatic rings. The lowest BCUT2D eigenvalue weighted by Gasteiger charge is -2.43. The molecule has 136 valence electrons. The Morgan fingerprint density at radius 2 is 1.88 bits per heavy atom. The van der Waals surface area contributed by atoms with E-state index in [9.17, 15) is 23.1 Å². The van der Waals surface area contributed by atoms with E-state index in [2.05, 4.69) is 0 Å². The molecule has 0 amide bonds. The van der Waals surface area contributed by atoms with Crippen LogP contribution in [0.5, 0.6) is 0 Å². The largest absolute Gasteiger partial charge is 0.467 e. The van der Waals surface area contributed by atoms with Gasteiger partial charge in [0, 0.05) is 37.7 Å². The van der Waals surface area contributed by atoms with Gasteiger partial charge in [0.15, 0.2) is 5.78 Å². The highest BCUT2D eigenvalue weighted by atomic mass is 19.4. The Bertz CT molecular complexity index is 741. The molecule has 0 radical (unpaired) electrons. The van der Waals surface area contributed by atoms with Gasteiger partial charge in [-0.05, 0) is 17.0 Å². The second-order valence-electron chi connectivity index (χ2n) is 7.93. The second-order valence-corrected chi connectivity index (χ2v) is 7.93. The predicted molar refractivity (Wildman–Crippen MR) is 85.6 cm³/mol. The van der Waals surface area contributed by atoms with Crippen molar-refractivity contribution in [2.75, 3.05) is 0 Å². The van der Waals surface area contributed by atoms with Crippen LogP contribution < -0.4 is 0 Å². The van der Waals surface area contributed by atoms with Gasteiger partial charge in [0.2, 0.25) is 5.79 Å². The first kappa shape index (κ1) is 18.0. The molecule has 3 nitrogen and oxygen atoms in total. The van der Waals surface area contributed by atoms with Gasteiger partial charge in [-0.15, -0.1) is 0 Å². The SMILES string of the molecule is CC1(C)CC(=O)C2=C(C1)OC(C)(O)C[C@@H]2c1cccc(C(F)(F)F)c1. The zero-order valence-corrected chi connectivity index (χ0v) is 14.4. The van der Waals surface area contributed by atoms with Gasteiger partial charge in [-0.25, -0.2) is 0 Å². The molecule has 0 saturated carbocycles. The molecule has 0 bridgehead atoms. The highest BCUT2D eigenvalue weighted by Crippen LogP contribution is 2.49. The number of benzene rings is 1. The molecular formula is C19H21F3O3. The average Bonchev–Trinajstić information content (AvgIpc) is 2.42. The summed E-state index contributed by atoms with van der Waals surface area (Å²) < 4.78 is 44.8. The number of allylic oxidation sites excluding steroid dienone is 2. The lowest BCUT2D eigenvalue weighted by atomic mass is 9.70. The molecule has 0 aromatic heterocycles. The Morgan fingerprint density at radius 1 is 1.20 bits per heavy atom. The summed E-state index contributed by atoms with van der Waals surface area (Å²) in [6.45, 7) is 5.34. The van der Waals surface area contributed by atoms with Gasteiger partial charge in [-0.3, -0.25) is 4.79 Å². The zero-order valence-electron chi connectivity index (χ0n) is 14.4. The number of hydrogen-bond acceptors (Lipinski definition) is 3. The number of alkyl halides is 3. The van der Waals surface area contributed by atoms with Crippen molar-refractivity contribution in [1.82, 2.24) is 0 Å². The van der Waals surface area contributed by atoms with E-state index in [1.54, 1.807) is 6.07 Å². The number of hydrogen-bond donors (Lipinski definition) is 1. The molecule has 1 heterocycles. The maximum Gasteiger partial charge on any atom is 0.416 e. The van der Waals surface area contributed by atoms with Crippen LogP contribution in [0.15, 0.2) is 35.6 Å². The van der Waals surface area contributed by atoms with Crippen molar-refractivity contribution in [3.05, 3.63) is 46.7 Å². The minimum atomic E-state index is -4.46. The molecule has 25 heavy (non-hydrogen) atoms. The molecule has 1 aliphatic carbocycles. The number of aliphatic hydroxyl groups is 1. The van der Waals surface area contributed by atoms with Gasteiger partial charge < -0.3 is 9.84 Å². The Morgan fingerprint density at radius 3 is 2.52 bits per heavy atom. The minimum Gasteiger partial charge on any atom is -0.467 e. The van der Waals surface area contributed by atoms with Gasteiger partial charge in [-0.2, -0.15) is 13.2 Å². The molecule has 3 rings (SSSR count). The summed E-state index contributed by atoms with van der Waals surface area (Å²) >= 11 is 0. The van der Waals surface area contributed by atoms with Crippen molar-refractivity contribution in [1.29, 1.82) is 0 Å². The molecule has 2 aliphatic rings. The molecule has 1 aromatic carbocycles. The Balaban J connectivity index is 2.10. The number of ether oxygens (including phenoxy) is 1. The lowest BCUT2D eigenvalue weighted by molar-refractivity contribution is -0.184. The van der Waals surface area contributed by atoms with Crippen molar-refractivity contribution in [2.24, 2.45) is 5.41 Å². The van der Waals surface area contributed by atoms with Gasteiger partial charge in [-0.1, -0.05) is 32.0 Å². The van der Waals surface area contributed by atoms with E-state index in [1.807, 2.05) is 13.8 Å². The summed E-state index contributed by atoms with van der Waals surface area (Å²) in [5, 5.41) is 10.4.